The number of nitrogens with two attached hydrogens (primary N) is 1. The van der Waals surface area contributed by atoms with Crippen LogP contribution in [0.5, 0.6) is 5.75 Å². The van der Waals surface area contributed by atoms with Gasteiger partial charge in [-0.25, -0.2) is 9.97 Å². The Morgan fingerprint density at radius 2 is 1.81 bits per heavy atom. The third-order valence-electron chi connectivity index (χ3n) is 4.61. The van der Waals surface area contributed by atoms with E-state index in [0.717, 1.165) is 68.4 Å². The zero-order valence-electron chi connectivity index (χ0n) is 15.9. The maximum atomic E-state index is 6.12. The molecule has 1 aliphatic rings. The second-order valence-electron chi connectivity index (χ2n) is 6.38. The fourth-order valence-electron chi connectivity index (χ4n) is 3.20. The molecule has 0 bridgehead atoms. The Balaban J connectivity index is 0.00000182. The van der Waals surface area contributed by atoms with E-state index in [1.807, 2.05) is 18.3 Å². The number of nitrogens with zero attached hydrogens (tertiary/aromatic N) is 4. The molecule has 0 atom stereocenters. The van der Waals surface area contributed by atoms with Gasteiger partial charge in [-0.2, -0.15) is 0 Å². The van der Waals surface area contributed by atoms with Crippen LogP contribution in [0.1, 0.15) is 24.7 Å². The zero-order valence-corrected chi connectivity index (χ0v) is 17.6. The number of hydrogen-bond acceptors (Lipinski definition) is 6. The summed E-state index contributed by atoms with van der Waals surface area (Å²) in [6.07, 6.45) is 3.80. The maximum Gasteiger partial charge on any atom is 0.142 e. The third kappa shape index (κ3) is 5.86. The van der Waals surface area contributed by atoms with Crippen molar-refractivity contribution in [2.75, 3.05) is 43.9 Å². The highest BCUT2D eigenvalue weighted by molar-refractivity contribution is 5.85. The molecule has 6 nitrogen and oxygen atoms in total. The van der Waals surface area contributed by atoms with E-state index in [0.29, 0.717) is 5.82 Å². The minimum atomic E-state index is 0. The van der Waals surface area contributed by atoms with Gasteiger partial charge in [0.05, 0.1) is 12.8 Å². The van der Waals surface area contributed by atoms with Crippen molar-refractivity contribution in [3.8, 4) is 5.75 Å². The molecule has 1 aliphatic heterocycles. The van der Waals surface area contributed by atoms with E-state index >= 15 is 0 Å². The van der Waals surface area contributed by atoms with Crippen LogP contribution in [-0.2, 0) is 13.0 Å². The number of methoxy groups -OCH3 is 1. The number of ether oxygens (including phenoxy) is 1. The second-order valence-corrected chi connectivity index (χ2v) is 6.38. The van der Waals surface area contributed by atoms with E-state index < -0.39 is 0 Å². The molecule has 150 valence electrons. The average Bonchev–Trinajstić information content (AvgIpc) is 2.65. The summed E-state index contributed by atoms with van der Waals surface area (Å²) in [5.41, 5.74) is 8.30. The molecule has 8 heteroatoms. The molecule has 1 aromatic heterocycles. The molecule has 2 N–H and O–H groups in total. The van der Waals surface area contributed by atoms with Crippen molar-refractivity contribution in [1.82, 2.24) is 14.9 Å². The van der Waals surface area contributed by atoms with Gasteiger partial charge < -0.3 is 15.4 Å². The Labute approximate surface area is 173 Å². The first-order chi connectivity index (χ1) is 12.2. The van der Waals surface area contributed by atoms with E-state index in [-0.39, 0.29) is 24.8 Å². The summed E-state index contributed by atoms with van der Waals surface area (Å²) < 4.78 is 5.48. The highest BCUT2D eigenvalue weighted by Crippen LogP contribution is 2.28. The zero-order chi connectivity index (χ0) is 17.6. The minimum Gasteiger partial charge on any atom is -0.495 e. The van der Waals surface area contributed by atoms with Crippen LogP contribution in [0.3, 0.4) is 0 Å². The molecule has 2 aromatic rings. The monoisotopic (exact) mass is 413 g/mol. The fourth-order valence-corrected chi connectivity index (χ4v) is 3.20. The van der Waals surface area contributed by atoms with Crippen molar-refractivity contribution in [3.63, 3.8) is 0 Å². The minimum absolute atomic E-state index is 0. The molecule has 0 spiro atoms. The number of aromatic nitrogens is 2. The van der Waals surface area contributed by atoms with Crippen molar-refractivity contribution in [2.24, 2.45) is 0 Å². The number of benzene rings is 1. The first-order valence-corrected chi connectivity index (χ1v) is 8.92. The number of anilines is 2. The van der Waals surface area contributed by atoms with Crippen LogP contribution in [-0.4, -0.2) is 48.2 Å². The summed E-state index contributed by atoms with van der Waals surface area (Å²) in [5.74, 6) is 2.38. The van der Waals surface area contributed by atoms with Crippen LogP contribution >= 0.6 is 24.8 Å². The van der Waals surface area contributed by atoms with Gasteiger partial charge in [0.2, 0.25) is 0 Å². The third-order valence-corrected chi connectivity index (χ3v) is 4.61. The SMILES string of the molecule is CCCc1ncc(CN2CCN(c3ccccc3OC)CC2)c(N)n1.Cl.Cl. The summed E-state index contributed by atoms with van der Waals surface area (Å²) in [6.45, 7) is 6.82. The molecule has 1 aromatic carbocycles. The summed E-state index contributed by atoms with van der Waals surface area (Å²) in [5, 5.41) is 0. The number of rotatable bonds is 6. The Hall–Kier alpha value is -1.76. The van der Waals surface area contributed by atoms with Crippen molar-refractivity contribution in [2.45, 2.75) is 26.3 Å². The number of halogens is 2. The number of aryl methyl sites for hydroxylation is 1. The number of piperazine rings is 1. The molecule has 0 unspecified atom stereocenters. The summed E-state index contributed by atoms with van der Waals surface area (Å²) in [4.78, 5) is 13.6. The second kappa shape index (κ2) is 11.2. The van der Waals surface area contributed by atoms with Gasteiger partial charge in [-0.15, -0.1) is 24.8 Å². The lowest BCUT2D eigenvalue weighted by Crippen LogP contribution is -2.46. The van der Waals surface area contributed by atoms with Gasteiger partial charge in [0.15, 0.2) is 0 Å². The van der Waals surface area contributed by atoms with Crippen LogP contribution in [0.2, 0.25) is 0 Å². The van der Waals surface area contributed by atoms with Gasteiger partial charge in [0, 0.05) is 50.9 Å². The molecule has 0 radical (unpaired) electrons. The smallest absolute Gasteiger partial charge is 0.142 e. The lowest BCUT2D eigenvalue weighted by Gasteiger charge is -2.36. The van der Waals surface area contributed by atoms with E-state index in [4.69, 9.17) is 10.5 Å². The predicted molar refractivity (Wildman–Crippen MR) is 115 cm³/mol. The van der Waals surface area contributed by atoms with Crippen LogP contribution < -0.4 is 15.4 Å². The number of nitrogen functional groups attached to an aromatic ring is 1. The van der Waals surface area contributed by atoms with Crippen LogP contribution in [0.15, 0.2) is 30.5 Å². The lowest BCUT2D eigenvalue weighted by atomic mass is 10.2. The molecular weight excluding hydrogens is 385 g/mol. The normalized spacial score (nSPS) is 14.2. The van der Waals surface area contributed by atoms with E-state index in [1.54, 1.807) is 7.11 Å². The van der Waals surface area contributed by atoms with E-state index in [1.165, 1.54) is 0 Å². The first-order valence-electron chi connectivity index (χ1n) is 8.92. The predicted octanol–water partition coefficient (Wildman–Crippen LogP) is 3.19. The Morgan fingerprint density at radius 1 is 1.11 bits per heavy atom. The van der Waals surface area contributed by atoms with Crippen LogP contribution in [0, 0.1) is 0 Å². The standard InChI is InChI=1S/C19H27N5O.2ClH/c1-3-6-18-21-13-15(19(20)22-18)14-23-9-11-24(12-10-23)16-7-4-5-8-17(16)25-2;;/h4-5,7-8,13H,3,6,9-12,14H2,1-2H3,(H2,20,21,22);2*1H. The molecule has 3 rings (SSSR count). The van der Waals surface area contributed by atoms with E-state index in [2.05, 4.69) is 38.8 Å². The van der Waals surface area contributed by atoms with Crippen molar-refractivity contribution in [3.05, 3.63) is 41.9 Å². The van der Waals surface area contributed by atoms with Gasteiger partial charge in [0.1, 0.15) is 17.4 Å². The molecule has 0 aliphatic carbocycles. The largest absolute Gasteiger partial charge is 0.495 e. The Bertz CT molecular complexity index is 708. The molecule has 27 heavy (non-hydrogen) atoms. The lowest BCUT2D eigenvalue weighted by molar-refractivity contribution is 0.249. The highest BCUT2D eigenvalue weighted by Gasteiger charge is 2.20. The summed E-state index contributed by atoms with van der Waals surface area (Å²) >= 11 is 0. The molecule has 1 saturated heterocycles. The maximum absolute atomic E-state index is 6.12. The molecule has 0 saturated carbocycles. The molecular formula is C19H29Cl2N5O. The van der Waals surface area contributed by atoms with Gasteiger partial charge in [-0.3, -0.25) is 4.90 Å². The van der Waals surface area contributed by atoms with E-state index in [9.17, 15) is 0 Å². The first kappa shape index (κ1) is 23.3. The van der Waals surface area contributed by atoms with Crippen molar-refractivity contribution >= 4 is 36.3 Å². The quantitative estimate of drug-likeness (QED) is 0.783. The highest BCUT2D eigenvalue weighted by atomic mass is 35.5. The average molecular weight is 414 g/mol. The van der Waals surface area contributed by atoms with Crippen LogP contribution in [0.25, 0.3) is 0 Å². The summed E-state index contributed by atoms with van der Waals surface area (Å²) in [7, 11) is 1.72. The van der Waals surface area contributed by atoms with Gasteiger partial charge in [-0.05, 0) is 18.6 Å². The Kier molecular flexibility index (Phi) is 9.63. The van der Waals surface area contributed by atoms with Gasteiger partial charge >= 0.3 is 0 Å². The van der Waals surface area contributed by atoms with Crippen LogP contribution in [0.4, 0.5) is 11.5 Å². The summed E-state index contributed by atoms with van der Waals surface area (Å²) in [6, 6.07) is 8.19. The number of hydrogen-bond donors (Lipinski definition) is 1. The van der Waals surface area contributed by atoms with Gasteiger partial charge in [-0.1, -0.05) is 19.1 Å². The fraction of sp³-hybridized carbons (Fsp3) is 0.474. The van der Waals surface area contributed by atoms with Gasteiger partial charge in [0.25, 0.3) is 0 Å². The number of para-hydroxylation sites is 2. The molecule has 2 heterocycles. The topological polar surface area (TPSA) is 67.5 Å². The molecule has 1 fully saturated rings. The van der Waals surface area contributed by atoms with Crippen molar-refractivity contribution < 1.29 is 4.74 Å². The van der Waals surface area contributed by atoms with Crippen molar-refractivity contribution in [1.29, 1.82) is 0 Å². The Morgan fingerprint density at radius 3 is 2.44 bits per heavy atom. The molecule has 0 amide bonds.